The fraction of sp³-hybridized carbons (Fsp3) is 0.975. The van der Waals surface area contributed by atoms with Gasteiger partial charge in [-0.25, -0.2) is 0 Å². The number of carbonyl (C=O) groups is 1. The van der Waals surface area contributed by atoms with Gasteiger partial charge >= 0.3 is 0 Å². The van der Waals surface area contributed by atoms with Gasteiger partial charge in [0, 0.05) is 0 Å². The van der Waals surface area contributed by atoms with E-state index < -0.39 is 18.1 Å². The van der Waals surface area contributed by atoms with Gasteiger partial charge in [-0.3, -0.25) is 4.79 Å². The maximum Gasteiger partial charge on any atom is 0.169 e. The molecule has 0 aliphatic carbocycles. The van der Waals surface area contributed by atoms with Crippen LogP contribution in [0, 0.1) is 5.92 Å². The summed E-state index contributed by atoms with van der Waals surface area (Å²) in [4.78, 5) is 12.7. The maximum absolute atomic E-state index is 12.7. The smallest absolute Gasteiger partial charge is 0.169 e. The van der Waals surface area contributed by atoms with Crippen molar-refractivity contribution in [3.63, 3.8) is 0 Å². The Hall–Kier alpha value is -0.450. The molecule has 0 aromatic carbocycles. The molecular formula is C40H80O4. The average Bonchev–Trinajstić information content (AvgIpc) is 3.02. The summed E-state index contributed by atoms with van der Waals surface area (Å²) in [7, 11) is 0. The molecule has 3 N–H and O–H groups in total. The van der Waals surface area contributed by atoms with Gasteiger partial charge in [0.25, 0.3) is 0 Å². The number of rotatable bonds is 37. The third-order valence-corrected chi connectivity index (χ3v) is 9.79. The minimum atomic E-state index is -1.06. The Morgan fingerprint density at radius 2 is 0.659 bits per heavy atom. The molecule has 3 unspecified atom stereocenters. The first-order valence-corrected chi connectivity index (χ1v) is 20.1. The molecule has 0 saturated heterocycles. The van der Waals surface area contributed by atoms with Crippen LogP contribution in [0.15, 0.2) is 0 Å². The van der Waals surface area contributed by atoms with Crippen molar-refractivity contribution < 1.29 is 20.1 Å². The number of carbonyl (C=O) groups excluding carboxylic acids is 1. The number of hydrogen-bond donors (Lipinski definition) is 3. The lowest BCUT2D eigenvalue weighted by molar-refractivity contribution is -0.137. The predicted octanol–water partition coefficient (Wildman–Crippen LogP) is 11.8. The first kappa shape index (κ1) is 43.5. The Kier molecular flexibility index (Phi) is 35.0. The van der Waals surface area contributed by atoms with Crippen LogP contribution >= 0.6 is 0 Å². The molecule has 0 aromatic rings. The van der Waals surface area contributed by atoms with E-state index in [0.717, 1.165) is 32.1 Å². The lowest BCUT2D eigenvalue weighted by atomic mass is 9.89. The van der Waals surface area contributed by atoms with E-state index in [1.807, 2.05) is 0 Å². The highest BCUT2D eigenvalue weighted by atomic mass is 16.3. The van der Waals surface area contributed by atoms with Crippen molar-refractivity contribution in [1.29, 1.82) is 0 Å². The third-order valence-electron chi connectivity index (χ3n) is 9.79. The average molecular weight is 625 g/mol. The van der Waals surface area contributed by atoms with Crippen molar-refractivity contribution in [3.8, 4) is 0 Å². The Morgan fingerprint density at radius 3 is 0.932 bits per heavy atom. The molecule has 4 heteroatoms. The fourth-order valence-corrected chi connectivity index (χ4v) is 6.60. The van der Waals surface area contributed by atoms with Gasteiger partial charge in [-0.15, -0.1) is 0 Å². The molecule has 0 rings (SSSR count). The summed E-state index contributed by atoms with van der Waals surface area (Å²) in [5.41, 5.74) is 0. The highest BCUT2D eigenvalue weighted by Gasteiger charge is 2.30. The second kappa shape index (κ2) is 35.4. The summed E-state index contributed by atoms with van der Waals surface area (Å²) in [6, 6.07) is 0. The van der Waals surface area contributed by atoms with Gasteiger partial charge in [0.05, 0.1) is 18.6 Å². The lowest BCUT2D eigenvalue weighted by Crippen LogP contribution is -2.38. The number of aliphatic hydroxyl groups is 3. The van der Waals surface area contributed by atoms with Gasteiger partial charge in [0.1, 0.15) is 6.10 Å². The SMILES string of the molecule is CCCCCCCCCCCCCCCCCCCCC(O)C(=O)C(CO)C(O)CCCCCCCCCCCCCCC. The molecule has 0 bridgehead atoms. The van der Waals surface area contributed by atoms with Crippen LogP contribution in [-0.4, -0.2) is 39.9 Å². The maximum atomic E-state index is 12.7. The normalized spacial score (nSPS) is 13.8. The van der Waals surface area contributed by atoms with Crippen molar-refractivity contribution in [2.75, 3.05) is 6.61 Å². The predicted molar refractivity (Wildman–Crippen MR) is 191 cm³/mol. The van der Waals surface area contributed by atoms with Crippen LogP contribution in [0.25, 0.3) is 0 Å². The van der Waals surface area contributed by atoms with Crippen molar-refractivity contribution in [2.24, 2.45) is 5.92 Å². The summed E-state index contributed by atoms with van der Waals surface area (Å²) in [6.07, 6.45) is 39.3. The van der Waals surface area contributed by atoms with E-state index in [9.17, 15) is 20.1 Å². The summed E-state index contributed by atoms with van der Waals surface area (Å²) < 4.78 is 0. The Balaban J connectivity index is 3.62. The molecule has 0 radical (unpaired) electrons. The number of Topliss-reactive ketones (excluding diaryl/α,β-unsaturated/α-hetero) is 1. The number of aliphatic hydroxyl groups excluding tert-OH is 3. The monoisotopic (exact) mass is 625 g/mol. The summed E-state index contributed by atoms with van der Waals surface area (Å²) >= 11 is 0. The van der Waals surface area contributed by atoms with Crippen LogP contribution in [0.1, 0.15) is 226 Å². The highest BCUT2D eigenvalue weighted by molar-refractivity contribution is 5.85. The van der Waals surface area contributed by atoms with E-state index in [1.165, 1.54) is 167 Å². The molecule has 0 spiro atoms. The largest absolute Gasteiger partial charge is 0.396 e. The second-order valence-corrected chi connectivity index (χ2v) is 14.1. The van der Waals surface area contributed by atoms with Crippen molar-refractivity contribution in [3.05, 3.63) is 0 Å². The molecule has 0 heterocycles. The van der Waals surface area contributed by atoms with E-state index >= 15 is 0 Å². The molecular weight excluding hydrogens is 544 g/mol. The van der Waals surface area contributed by atoms with Gasteiger partial charge < -0.3 is 15.3 Å². The van der Waals surface area contributed by atoms with Crippen LogP contribution in [0.2, 0.25) is 0 Å². The van der Waals surface area contributed by atoms with E-state index in [0.29, 0.717) is 12.8 Å². The van der Waals surface area contributed by atoms with Gasteiger partial charge in [0.15, 0.2) is 5.78 Å². The topological polar surface area (TPSA) is 77.8 Å². The molecule has 0 amide bonds. The van der Waals surface area contributed by atoms with Crippen LogP contribution in [0.3, 0.4) is 0 Å². The molecule has 3 atom stereocenters. The summed E-state index contributed by atoms with van der Waals surface area (Å²) in [5, 5.41) is 30.7. The van der Waals surface area contributed by atoms with E-state index in [2.05, 4.69) is 13.8 Å². The standard InChI is InChI=1S/C40H80O4/c1-3-5-7-9-11-13-15-17-18-19-20-21-23-25-27-29-31-33-35-39(43)40(44)37(36-41)38(42)34-32-30-28-26-24-22-16-14-12-10-8-6-4-2/h37-39,41-43H,3-36H2,1-2H3. The van der Waals surface area contributed by atoms with Gasteiger partial charge in [0.2, 0.25) is 0 Å². The zero-order chi connectivity index (χ0) is 32.4. The Morgan fingerprint density at radius 1 is 0.409 bits per heavy atom. The Labute approximate surface area is 276 Å². The minimum Gasteiger partial charge on any atom is -0.396 e. The summed E-state index contributed by atoms with van der Waals surface area (Å²) in [6.45, 7) is 4.16. The number of ketones is 1. The van der Waals surface area contributed by atoms with Crippen LogP contribution in [0.4, 0.5) is 0 Å². The molecule has 44 heavy (non-hydrogen) atoms. The quantitative estimate of drug-likeness (QED) is 0.0601. The van der Waals surface area contributed by atoms with E-state index in [-0.39, 0.29) is 12.4 Å². The fourth-order valence-electron chi connectivity index (χ4n) is 6.60. The third kappa shape index (κ3) is 29.0. The lowest BCUT2D eigenvalue weighted by Gasteiger charge is -2.22. The Bertz CT molecular complexity index is 566. The highest BCUT2D eigenvalue weighted by Crippen LogP contribution is 2.19. The van der Waals surface area contributed by atoms with Crippen molar-refractivity contribution in [2.45, 2.75) is 238 Å². The van der Waals surface area contributed by atoms with Crippen LogP contribution in [-0.2, 0) is 4.79 Å². The molecule has 0 aromatic heterocycles. The van der Waals surface area contributed by atoms with E-state index in [1.54, 1.807) is 0 Å². The molecule has 4 nitrogen and oxygen atoms in total. The number of hydrogen-bond acceptors (Lipinski definition) is 4. The second-order valence-electron chi connectivity index (χ2n) is 14.1. The zero-order valence-corrected chi connectivity index (χ0v) is 30.0. The van der Waals surface area contributed by atoms with Crippen molar-refractivity contribution in [1.82, 2.24) is 0 Å². The molecule has 0 fully saturated rings. The minimum absolute atomic E-state index is 0.373. The first-order valence-electron chi connectivity index (χ1n) is 20.1. The zero-order valence-electron chi connectivity index (χ0n) is 30.0. The molecule has 0 saturated carbocycles. The van der Waals surface area contributed by atoms with Gasteiger partial charge in [-0.1, -0.05) is 213 Å². The van der Waals surface area contributed by atoms with Gasteiger partial charge in [-0.2, -0.15) is 0 Å². The first-order chi connectivity index (χ1) is 21.6. The summed E-state index contributed by atoms with van der Waals surface area (Å²) in [5.74, 6) is -1.22. The van der Waals surface area contributed by atoms with Crippen LogP contribution in [0.5, 0.6) is 0 Å². The van der Waals surface area contributed by atoms with E-state index in [4.69, 9.17) is 0 Å². The molecule has 264 valence electrons. The molecule has 0 aliphatic rings. The van der Waals surface area contributed by atoms with Gasteiger partial charge in [-0.05, 0) is 12.8 Å². The van der Waals surface area contributed by atoms with Crippen molar-refractivity contribution >= 4 is 5.78 Å². The number of unbranched alkanes of at least 4 members (excludes halogenated alkanes) is 29. The molecule has 0 aliphatic heterocycles. The van der Waals surface area contributed by atoms with Crippen LogP contribution < -0.4 is 0 Å².